The first-order chi connectivity index (χ1) is 13.4. The number of hydrogen-bond donors (Lipinski definition) is 4. The fourth-order valence-corrected chi connectivity index (χ4v) is 4.19. The molecule has 0 unspecified atom stereocenters. The molecule has 0 aliphatic carbocycles. The topological polar surface area (TPSA) is 99.4 Å². The van der Waals surface area contributed by atoms with Crippen molar-refractivity contribution in [2.24, 2.45) is 0 Å². The zero-order chi connectivity index (χ0) is 20.1. The largest absolute Gasteiger partial charge is 0.394 e. The highest BCUT2D eigenvalue weighted by Gasteiger charge is 2.58. The van der Waals surface area contributed by atoms with E-state index < -0.39 is 36.8 Å². The lowest BCUT2D eigenvalue weighted by Crippen LogP contribution is -2.63. The molecule has 5 atom stereocenters. The van der Waals surface area contributed by atoms with Gasteiger partial charge >= 0.3 is 0 Å². The monoisotopic (exact) mass is 426 g/mol. The first-order valence-electron chi connectivity index (χ1n) is 8.89. The summed E-state index contributed by atoms with van der Waals surface area (Å²) in [5, 5.41) is 41.6. The van der Waals surface area contributed by atoms with Crippen molar-refractivity contribution in [3.8, 4) is 0 Å². The third-order valence-corrected chi connectivity index (χ3v) is 5.95. The predicted octanol–water partition coefficient (Wildman–Crippen LogP) is 1.74. The Morgan fingerprint density at radius 2 is 1.75 bits per heavy atom. The molecule has 0 saturated carbocycles. The summed E-state index contributed by atoms with van der Waals surface area (Å²) in [6, 6.07) is 10.9. The number of rotatable bonds is 3. The summed E-state index contributed by atoms with van der Waals surface area (Å²) in [5.74, 6) is -1.68. The molecule has 1 fully saturated rings. The maximum Gasteiger partial charge on any atom is 0.225 e. The van der Waals surface area contributed by atoms with Crippen LogP contribution < -0.4 is 0 Å². The fraction of sp³-hybridized carbons (Fsp3) is 0.400. The van der Waals surface area contributed by atoms with Crippen LogP contribution in [0.25, 0.3) is 0 Å². The summed E-state index contributed by atoms with van der Waals surface area (Å²) in [6.45, 7) is -0.412. The molecule has 6 nitrogen and oxygen atoms in total. The van der Waals surface area contributed by atoms with Crippen LogP contribution in [0.15, 0.2) is 36.4 Å². The van der Waals surface area contributed by atoms with Crippen molar-refractivity contribution in [1.82, 2.24) is 0 Å². The lowest BCUT2D eigenvalue weighted by Gasteiger charge is -2.46. The van der Waals surface area contributed by atoms with E-state index in [1.54, 1.807) is 24.3 Å². The number of aliphatic hydroxyl groups is 4. The molecule has 4 rings (SSSR count). The molecule has 1 saturated heterocycles. The van der Waals surface area contributed by atoms with E-state index in [0.29, 0.717) is 27.6 Å². The van der Waals surface area contributed by atoms with Crippen LogP contribution in [-0.4, -0.2) is 51.4 Å². The summed E-state index contributed by atoms with van der Waals surface area (Å²) < 4.78 is 11.5. The van der Waals surface area contributed by atoms with Crippen molar-refractivity contribution in [3.63, 3.8) is 0 Å². The molecule has 4 N–H and O–H groups in total. The van der Waals surface area contributed by atoms with Gasteiger partial charge in [-0.1, -0.05) is 35.3 Å². The molecule has 2 aromatic rings. The summed E-state index contributed by atoms with van der Waals surface area (Å²) in [7, 11) is 0. The predicted molar refractivity (Wildman–Crippen MR) is 102 cm³/mol. The van der Waals surface area contributed by atoms with Crippen molar-refractivity contribution in [2.45, 2.75) is 43.2 Å². The summed E-state index contributed by atoms with van der Waals surface area (Å²) in [4.78, 5) is 0. The highest BCUT2D eigenvalue weighted by molar-refractivity contribution is 6.31. The summed E-state index contributed by atoms with van der Waals surface area (Å²) in [5.41, 5.74) is 3.01. The van der Waals surface area contributed by atoms with Gasteiger partial charge in [-0.3, -0.25) is 0 Å². The first kappa shape index (κ1) is 20.1. The number of ether oxygens (including phenoxy) is 2. The van der Waals surface area contributed by atoms with Crippen LogP contribution in [0.2, 0.25) is 10.0 Å². The second-order valence-electron chi connectivity index (χ2n) is 7.13. The number of aliphatic hydroxyl groups excluding tert-OH is 4. The molecule has 0 amide bonds. The standard InChI is InChI=1S/C20H20Cl2O6/c21-13-3-1-10(2-4-13)5-11-6-14-12(7-15(11)22)9-27-20(14)19(26)18(25)17(24)16(8-23)28-20/h1-4,6-7,16-19,23-26H,5,8-9H2/t16-,17-,18+,19-,20+/m1/s1. The number of fused-ring (bicyclic) bond motifs is 2. The molecular weight excluding hydrogens is 407 g/mol. The molecule has 2 aliphatic rings. The Balaban J connectivity index is 1.73. The second kappa shape index (κ2) is 7.55. The fourth-order valence-electron chi connectivity index (χ4n) is 3.81. The Bertz CT molecular complexity index is 872. The zero-order valence-corrected chi connectivity index (χ0v) is 16.3. The summed E-state index contributed by atoms with van der Waals surface area (Å²) in [6.07, 6.45) is -5.08. The van der Waals surface area contributed by atoms with Crippen LogP contribution in [0, 0.1) is 0 Å². The van der Waals surface area contributed by atoms with Crippen LogP contribution in [-0.2, 0) is 28.3 Å². The van der Waals surface area contributed by atoms with E-state index in [0.717, 1.165) is 11.1 Å². The first-order valence-corrected chi connectivity index (χ1v) is 9.64. The van der Waals surface area contributed by atoms with Crippen molar-refractivity contribution >= 4 is 23.2 Å². The number of halogens is 2. The third kappa shape index (κ3) is 3.24. The van der Waals surface area contributed by atoms with Crippen molar-refractivity contribution < 1.29 is 29.9 Å². The molecule has 28 heavy (non-hydrogen) atoms. The van der Waals surface area contributed by atoms with E-state index in [1.807, 2.05) is 12.1 Å². The van der Waals surface area contributed by atoms with E-state index >= 15 is 0 Å². The van der Waals surface area contributed by atoms with Crippen LogP contribution in [0.3, 0.4) is 0 Å². The van der Waals surface area contributed by atoms with Crippen LogP contribution in [0.5, 0.6) is 0 Å². The summed E-state index contributed by atoms with van der Waals surface area (Å²) >= 11 is 12.4. The zero-order valence-electron chi connectivity index (χ0n) is 14.8. The van der Waals surface area contributed by atoms with E-state index in [4.69, 9.17) is 32.7 Å². The Morgan fingerprint density at radius 3 is 2.43 bits per heavy atom. The van der Waals surface area contributed by atoms with Gasteiger partial charge in [0.25, 0.3) is 0 Å². The average Bonchev–Trinajstić information content (AvgIpc) is 3.03. The Hall–Kier alpha value is -1.22. The number of hydrogen-bond acceptors (Lipinski definition) is 6. The molecule has 1 spiro atoms. The van der Waals surface area contributed by atoms with Gasteiger partial charge in [0, 0.05) is 15.6 Å². The lowest BCUT2D eigenvalue weighted by molar-refractivity contribution is -0.368. The van der Waals surface area contributed by atoms with Crippen molar-refractivity contribution in [1.29, 1.82) is 0 Å². The lowest BCUT2D eigenvalue weighted by atomic mass is 9.86. The van der Waals surface area contributed by atoms with Gasteiger partial charge in [0.2, 0.25) is 5.79 Å². The average molecular weight is 427 g/mol. The van der Waals surface area contributed by atoms with Gasteiger partial charge in [-0.2, -0.15) is 0 Å². The van der Waals surface area contributed by atoms with E-state index in [1.165, 1.54) is 0 Å². The molecule has 0 bridgehead atoms. The minimum atomic E-state index is -1.68. The Labute approximate surface area is 171 Å². The van der Waals surface area contributed by atoms with Gasteiger partial charge in [0.05, 0.1) is 13.2 Å². The van der Waals surface area contributed by atoms with Gasteiger partial charge < -0.3 is 29.9 Å². The molecule has 0 radical (unpaired) electrons. The van der Waals surface area contributed by atoms with E-state index in [-0.39, 0.29) is 6.61 Å². The Morgan fingerprint density at radius 1 is 1.04 bits per heavy atom. The van der Waals surface area contributed by atoms with Crippen molar-refractivity contribution in [2.75, 3.05) is 6.61 Å². The highest BCUT2D eigenvalue weighted by atomic mass is 35.5. The SMILES string of the molecule is OC[C@H]1O[C@]2(OCc3cc(Cl)c(Cc4ccc(Cl)cc4)cc32)[C@H](O)[C@@H](O)[C@@H]1O. The third-order valence-electron chi connectivity index (χ3n) is 5.35. The minimum absolute atomic E-state index is 0.119. The molecule has 8 heteroatoms. The van der Waals surface area contributed by atoms with E-state index in [2.05, 4.69) is 0 Å². The normalized spacial score (nSPS) is 31.9. The van der Waals surface area contributed by atoms with Gasteiger partial charge in [-0.15, -0.1) is 0 Å². The molecule has 0 aromatic heterocycles. The van der Waals surface area contributed by atoms with Crippen LogP contribution >= 0.6 is 23.2 Å². The molecule has 2 heterocycles. The van der Waals surface area contributed by atoms with E-state index in [9.17, 15) is 20.4 Å². The quantitative estimate of drug-likeness (QED) is 0.596. The van der Waals surface area contributed by atoms with Crippen LogP contribution in [0.4, 0.5) is 0 Å². The van der Waals surface area contributed by atoms with Gasteiger partial charge in [0.15, 0.2) is 0 Å². The van der Waals surface area contributed by atoms with Gasteiger partial charge in [0.1, 0.15) is 24.4 Å². The van der Waals surface area contributed by atoms with Gasteiger partial charge in [-0.05, 0) is 47.4 Å². The van der Waals surface area contributed by atoms with Crippen LogP contribution in [0.1, 0.15) is 22.3 Å². The number of benzene rings is 2. The smallest absolute Gasteiger partial charge is 0.225 e. The van der Waals surface area contributed by atoms with Gasteiger partial charge in [-0.25, -0.2) is 0 Å². The van der Waals surface area contributed by atoms with Crippen molar-refractivity contribution in [3.05, 3.63) is 68.7 Å². The Kier molecular flexibility index (Phi) is 5.41. The maximum atomic E-state index is 10.6. The molecule has 2 aromatic carbocycles. The molecular formula is C20H20Cl2O6. The molecule has 150 valence electrons. The maximum absolute atomic E-state index is 10.6. The second-order valence-corrected chi connectivity index (χ2v) is 7.97. The highest BCUT2D eigenvalue weighted by Crippen LogP contribution is 2.47. The minimum Gasteiger partial charge on any atom is -0.394 e. The molecule has 2 aliphatic heterocycles.